The van der Waals surface area contributed by atoms with E-state index >= 15 is 0 Å². The predicted molar refractivity (Wildman–Crippen MR) is 47.5 cm³/mol. The number of hydrogen-bond acceptors (Lipinski definition) is 3. The Kier molecular flexibility index (Phi) is 3.52. The molecule has 0 saturated carbocycles. The molecule has 0 aromatic heterocycles. The van der Waals surface area contributed by atoms with E-state index in [9.17, 15) is 4.39 Å². The molecule has 0 fully saturated rings. The number of hydrogen-bond donors (Lipinski definition) is 1. The van der Waals surface area contributed by atoms with Crippen LogP contribution in [0, 0.1) is 5.82 Å². The van der Waals surface area contributed by atoms with Crippen LogP contribution in [0.2, 0.25) is 0 Å². The first kappa shape index (κ1) is 9.80. The van der Waals surface area contributed by atoms with E-state index in [0.717, 1.165) is 0 Å². The van der Waals surface area contributed by atoms with Gasteiger partial charge in [-0.05, 0) is 12.1 Å². The summed E-state index contributed by atoms with van der Waals surface area (Å²) in [4.78, 5) is 0. The Morgan fingerprint density at radius 1 is 1.38 bits per heavy atom. The van der Waals surface area contributed by atoms with Gasteiger partial charge in [0.25, 0.3) is 0 Å². The second kappa shape index (κ2) is 4.67. The normalized spacial score (nSPS) is 9.77. The van der Waals surface area contributed by atoms with Crippen molar-refractivity contribution in [1.82, 2.24) is 0 Å². The van der Waals surface area contributed by atoms with Gasteiger partial charge < -0.3 is 15.2 Å². The Morgan fingerprint density at radius 3 is 2.77 bits per heavy atom. The Hall–Kier alpha value is -1.29. The van der Waals surface area contributed by atoms with Crippen LogP contribution in [0.5, 0.6) is 11.5 Å². The highest BCUT2D eigenvalue weighted by Gasteiger charge is 2.04. The Bertz CT molecular complexity index is 278. The molecule has 0 amide bonds. The molecule has 2 N–H and O–H groups in total. The van der Waals surface area contributed by atoms with Gasteiger partial charge in [0, 0.05) is 12.6 Å². The van der Waals surface area contributed by atoms with E-state index in [1.807, 2.05) is 0 Å². The maximum absolute atomic E-state index is 12.7. The number of rotatable bonds is 4. The van der Waals surface area contributed by atoms with E-state index in [2.05, 4.69) is 0 Å². The second-order valence-electron chi connectivity index (χ2n) is 2.43. The average Bonchev–Trinajstić information content (AvgIpc) is 2.15. The van der Waals surface area contributed by atoms with Crippen molar-refractivity contribution < 1.29 is 13.9 Å². The molecule has 1 aromatic rings. The number of benzene rings is 1. The SMILES string of the molecule is COc1ccc(F)cc1OCCN. The number of halogens is 1. The van der Waals surface area contributed by atoms with E-state index in [-0.39, 0.29) is 5.82 Å². The molecule has 1 rings (SSSR count). The molecule has 0 saturated heterocycles. The summed E-state index contributed by atoms with van der Waals surface area (Å²) in [7, 11) is 1.50. The molecular formula is C9H12FNO2. The van der Waals surface area contributed by atoms with Gasteiger partial charge in [-0.15, -0.1) is 0 Å². The first-order valence-corrected chi connectivity index (χ1v) is 3.94. The van der Waals surface area contributed by atoms with Crippen LogP contribution in [0.3, 0.4) is 0 Å². The van der Waals surface area contributed by atoms with Gasteiger partial charge >= 0.3 is 0 Å². The van der Waals surface area contributed by atoms with Crippen molar-refractivity contribution in [2.75, 3.05) is 20.3 Å². The minimum absolute atomic E-state index is 0.347. The zero-order valence-electron chi connectivity index (χ0n) is 7.42. The van der Waals surface area contributed by atoms with Gasteiger partial charge in [-0.25, -0.2) is 4.39 Å². The molecule has 0 unspecified atom stereocenters. The van der Waals surface area contributed by atoms with Crippen molar-refractivity contribution in [3.05, 3.63) is 24.0 Å². The van der Waals surface area contributed by atoms with Crippen LogP contribution in [0.1, 0.15) is 0 Å². The summed E-state index contributed by atoms with van der Waals surface area (Å²) in [6.45, 7) is 0.736. The van der Waals surface area contributed by atoms with Crippen molar-refractivity contribution in [1.29, 1.82) is 0 Å². The van der Waals surface area contributed by atoms with Crippen LogP contribution < -0.4 is 15.2 Å². The molecule has 13 heavy (non-hydrogen) atoms. The van der Waals surface area contributed by atoms with Gasteiger partial charge in [0.2, 0.25) is 0 Å². The molecule has 0 aliphatic rings. The van der Waals surface area contributed by atoms with Crippen LogP contribution in [0.4, 0.5) is 4.39 Å². The van der Waals surface area contributed by atoms with E-state index in [1.54, 1.807) is 0 Å². The lowest BCUT2D eigenvalue weighted by atomic mass is 10.3. The molecule has 1 aromatic carbocycles. The fourth-order valence-corrected chi connectivity index (χ4v) is 0.932. The largest absolute Gasteiger partial charge is 0.493 e. The minimum Gasteiger partial charge on any atom is -0.493 e. The summed E-state index contributed by atoms with van der Waals surface area (Å²) in [6.07, 6.45) is 0. The maximum Gasteiger partial charge on any atom is 0.164 e. The quantitative estimate of drug-likeness (QED) is 0.765. The molecule has 3 nitrogen and oxygen atoms in total. The van der Waals surface area contributed by atoms with Crippen molar-refractivity contribution in [2.45, 2.75) is 0 Å². The Labute approximate surface area is 76.3 Å². The van der Waals surface area contributed by atoms with Crippen LogP contribution in [-0.4, -0.2) is 20.3 Å². The topological polar surface area (TPSA) is 44.5 Å². The number of methoxy groups -OCH3 is 1. The molecule has 0 aliphatic carbocycles. The molecule has 4 heteroatoms. The first-order valence-electron chi connectivity index (χ1n) is 3.94. The van der Waals surface area contributed by atoms with Crippen LogP contribution >= 0.6 is 0 Å². The predicted octanol–water partition coefficient (Wildman–Crippen LogP) is 1.17. The first-order chi connectivity index (χ1) is 6.27. The number of ether oxygens (including phenoxy) is 2. The molecule has 0 radical (unpaired) electrons. The second-order valence-corrected chi connectivity index (χ2v) is 2.43. The summed E-state index contributed by atoms with van der Waals surface area (Å²) < 4.78 is 22.9. The van der Waals surface area contributed by atoms with E-state index < -0.39 is 0 Å². The lowest BCUT2D eigenvalue weighted by molar-refractivity contribution is 0.300. The molecule has 72 valence electrons. The Morgan fingerprint density at radius 2 is 2.15 bits per heavy atom. The van der Waals surface area contributed by atoms with Gasteiger partial charge in [0.1, 0.15) is 12.4 Å². The summed E-state index contributed by atoms with van der Waals surface area (Å²) in [5.41, 5.74) is 5.25. The lowest BCUT2D eigenvalue weighted by Gasteiger charge is -2.09. The summed E-state index contributed by atoms with van der Waals surface area (Å²) in [5.74, 6) is 0.538. The molecular weight excluding hydrogens is 173 g/mol. The van der Waals surface area contributed by atoms with Crippen LogP contribution in [0.15, 0.2) is 18.2 Å². The standard InChI is InChI=1S/C9H12FNO2/c1-12-8-3-2-7(10)6-9(8)13-5-4-11/h2-3,6H,4-5,11H2,1H3. The fourth-order valence-electron chi connectivity index (χ4n) is 0.932. The minimum atomic E-state index is -0.354. The highest BCUT2D eigenvalue weighted by Crippen LogP contribution is 2.27. The van der Waals surface area contributed by atoms with E-state index in [1.165, 1.54) is 25.3 Å². The lowest BCUT2D eigenvalue weighted by Crippen LogP contribution is -2.11. The third-order valence-electron chi connectivity index (χ3n) is 1.50. The molecule has 0 atom stereocenters. The summed E-state index contributed by atoms with van der Waals surface area (Å²) in [6, 6.07) is 4.10. The molecule has 0 spiro atoms. The van der Waals surface area contributed by atoms with Crippen molar-refractivity contribution in [3.63, 3.8) is 0 Å². The van der Waals surface area contributed by atoms with Gasteiger partial charge in [-0.2, -0.15) is 0 Å². The van der Waals surface area contributed by atoms with Crippen molar-refractivity contribution >= 4 is 0 Å². The smallest absolute Gasteiger partial charge is 0.164 e. The number of nitrogens with two attached hydrogens (primary N) is 1. The highest BCUT2D eigenvalue weighted by molar-refractivity contribution is 5.39. The van der Waals surface area contributed by atoms with Gasteiger partial charge in [0.15, 0.2) is 11.5 Å². The van der Waals surface area contributed by atoms with Crippen molar-refractivity contribution in [3.8, 4) is 11.5 Å². The summed E-state index contributed by atoms with van der Waals surface area (Å²) >= 11 is 0. The van der Waals surface area contributed by atoms with E-state index in [0.29, 0.717) is 24.7 Å². The van der Waals surface area contributed by atoms with Crippen molar-refractivity contribution in [2.24, 2.45) is 5.73 Å². The van der Waals surface area contributed by atoms with Gasteiger partial charge in [-0.3, -0.25) is 0 Å². The fraction of sp³-hybridized carbons (Fsp3) is 0.333. The van der Waals surface area contributed by atoms with Crippen LogP contribution in [-0.2, 0) is 0 Å². The third-order valence-corrected chi connectivity index (χ3v) is 1.50. The summed E-state index contributed by atoms with van der Waals surface area (Å²) in [5, 5.41) is 0. The maximum atomic E-state index is 12.7. The highest BCUT2D eigenvalue weighted by atomic mass is 19.1. The Balaban J connectivity index is 2.81. The average molecular weight is 185 g/mol. The molecule has 0 heterocycles. The zero-order chi connectivity index (χ0) is 9.68. The van der Waals surface area contributed by atoms with E-state index in [4.69, 9.17) is 15.2 Å². The van der Waals surface area contributed by atoms with Crippen LogP contribution in [0.25, 0.3) is 0 Å². The third kappa shape index (κ3) is 2.59. The molecule has 0 aliphatic heterocycles. The zero-order valence-corrected chi connectivity index (χ0v) is 7.42. The van der Waals surface area contributed by atoms with Gasteiger partial charge in [-0.1, -0.05) is 0 Å². The van der Waals surface area contributed by atoms with Gasteiger partial charge in [0.05, 0.1) is 7.11 Å². The molecule has 0 bridgehead atoms. The monoisotopic (exact) mass is 185 g/mol.